The van der Waals surface area contributed by atoms with E-state index in [9.17, 15) is 20.4 Å². The van der Waals surface area contributed by atoms with E-state index in [4.69, 9.17) is 37.9 Å². The lowest BCUT2D eigenvalue weighted by Crippen LogP contribution is -2.69. The number of ether oxygens (including phenoxy) is 8. The summed E-state index contributed by atoms with van der Waals surface area (Å²) < 4.78 is 52.6. The fourth-order valence-corrected chi connectivity index (χ4v) is 10.4. The number of aliphatic hydroxyl groups excluding tert-OH is 2. The van der Waals surface area contributed by atoms with Gasteiger partial charge in [-0.3, -0.25) is 0 Å². The van der Waals surface area contributed by atoms with Gasteiger partial charge in [0.15, 0.2) is 12.6 Å². The molecule has 7 unspecified atom stereocenters. The standard InChI is InChI=1S/C41H75NO12/c1-13-15-16-17-18-42-28-19-23(4)48-37(31(28)43)51-35-25(6)33(50-30-21-38(9,47-12)34(44)27(8)49-30)26(7)41(46)52-29(14-2)40(11,45)36(54-41)24(5)32-22(3)20-39(35,10)53-32/h22-37,42-46H,13-21H2,1-12H3/t22-,23?,24-,25-,26+,27?,28?,29+,30-,31?,32?,33-,34-,35+,36+,37-,38?,39?,40+,41-/m0/s1. The summed E-state index contributed by atoms with van der Waals surface area (Å²) in [5, 5.41) is 51.0. The Morgan fingerprint density at radius 2 is 1.54 bits per heavy atom. The molecule has 5 fully saturated rings. The number of methoxy groups -OCH3 is 1. The quantitative estimate of drug-likeness (QED) is 0.178. The summed E-state index contributed by atoms with van der Waals surface area (Å²) in [5.74, 6) is -3.90. The van der Waals surface area contributed by atoms with Crippen molar-refractivity contribution in [2.75, 3.05) is 13.7 Å². The molecule has 5 aliphatic rings. The number of hydrogen-bond acceptors (Lipinski definition) is 13. The molecule has 13 nitrogen and oxygen atoms in total. The van der Waals surface area contributed by atoms with Crippen LogP contribution in [0.25, 0.3) is 0 Å². The molecule has 13 heteroatoms. The van der Waals surface area contributed by atoms with E-state index in [1.165, 1.54) is 6.42 Å². The molecule has 20 atom stereocenters. The molecule has 54 heavy (non-hydrogen) atoms. The van der Waals surface area contributed by atoms with Gasteiger partial charge in [-0.1, -0.05) is 60.8 Å². The topological polar surface area (TPSA) is 167 Å². The molecular weight excluding hydrogens is 698 g/mol. The van der Waals surface area contributed by atoms with E-state index < -0.39 is 89.9 Å². The average molecular weight is 774 g/mol. The summed E-state index contributed by atoms with van der Waals surface area (Å²) in [6.07, 6.45) is -1.60. The van der Waals surface area contributed by atoms with Crippen molar-refractivity contribution in [1.82, 2.24) is 5.32 Å². The first-order valence-corrected chi connectivity index (χ1v) is 21.0. The summed E-state index contributed by atoms with van der Waals surface area (Å²) in [6, 6.07) is -0.223. The summed E-state index contributed by atoms with van der Waals surface area (Å²) in [6.45, 7) is 22.2. The second-order valence-corrected chi connectivity index (χ2v) is 18.2. The van der Waals surface area contributed by atoms with Crippen LogP contribution in [0.5, 0.6) is 0 Å². The Kier molecular flexibility index (Phi) is 14.3. The van der Waals surface area contributed by atoms with E-state index in [0.717, 1.165) is 25.8 Å². The van der Waals surface area contributed by atoms with Gasteiger partial charge in [-0.15, -0.1) is 0 Å². The van der Waals surface area contributed by atoms with Crippen LogP contribution >= 0.6 is 0 Å². The van der Waals surface area contributed by atoms with Gasteiger partial charge in [-0.25, -0.2) is 0 Å². The lowest BCUT2D eigenvalue weighted by atomic mass is 9.74. The van der Waals surface area contributed by atoms with Crippen LogP contribution < -0.4 is 5.32 Å². The number of aliphatic hydroxyl groups is 4. The lowest BCUT2D eigenvalue weighted by molar-refractivity contribution is -0.481. The molecule has 0 aromatic rings. The third kappa shape index (κ3) is 8.74. The SMILES string of the molecule is CCCCCCNC1CC(C)O[C@@H](O[C@@H]2[C@@H](C)[C@H](O[C@H]3CC(C)(OC)[C@@H](O)C(C)O3)[C@@H](C)[C@@]3(O)O[C@H]([C@@H](C)C4OC2(C)C[C@@H]4C)[C@](C)(O)[C@@H](CC)O3)C1O. The van der Waals surface area contributed by atoms with Crippen molar-refractivity contribution >= 4 is 0 Å². The highest BCUT2D eigenvalue weighted by molar-refractivity contribution is 5.07. The fraction of sp³-hybridized carbons (Fsp3) is 1.00. The van der Waals surface area contributed by atoms with Crippen molar-refractivity contribution < 1.29 is 58.3 Å². The van der Waals surface area contributed by atoms with E-state index in [1.807, 2.05) is 48.5 Å². The zero-order valence-corrected chi connectivity index (χ0v) is 35.2. The Morgan fingerprint density at radius 1 is 0.833 bits per heavy atom. The molecular formula is C41H75NO12. The van der Waals surface area contributed by atoms with Crippen LogP contribution in [0.4, 0.5) is 0 Å². The highest BCUT2D eigenvalue weighted by Crippen LogP contribution is 2.52. The molecule has 0 radical (unpaired) electrons. The molecule has 316 valence electrons. The first-order chi connectivity index (χ1) is 25.2. The molecule has 0 aromatic heterocycles. The number of unbranched alkanes of at least 4 members (excludes halogenated alkanes) is 3. The van der Waals surface area contributed by atoms with Gasteiger partial charge in [0.1, 0.15) is 17.8 Å². The Balaban J connectivity index is 1.56. The summed E-state index contributed by atoms with van der Waals surface area (Å²) >= 11 is 0. The van der Waals surface area contributed by atoms with Gasteiger partial charge in [0.25, 0.3) is 5.97 Å². The van der Waals surface area contributed by atoms with Gasteiger partial charge < -0.3 is 63.6 Å². The van der Waals surface area contributed by atoms with E-state index in [2.05, 4.69) is 19.2 Å². The van der Waals surface area contributed by atoms with Gasteiger partial charge in [0.2, 0.25) is 0 Å². The van der Waals surface area contributed by atoms with Gasteiger partial charge in [-0.2, -0.15) is 0 Å². The monoisotopic (exact) mass is 774 g/mol. The summed E-state index contributed by atoms with van der Waals surface area (Å²) in [5.41, 5.74) is -3.31. The third-order valence-electron chi connectivity index (χ3n) is 13.7. The smallest absolute Gasteiger partial charge is 0.286 e. The van der Waals surface area contributed by atoms with Gasteiger partial charge in [0.05, 0.1) is 59.8 Å². The molecule has 0 aliphatic carbocycles. The first-order valence-electron chi connectivity index (χ1n) is 21.0. The van der Waals surface area contributed by atoms with E-state index in [1.54, 1.807) is 21.0 Å². The molecule has 5 saturated heterocycles. The molecule has 0 amide bonds. The molecule has 5 heterocycles. The normalized spacial score (nSPS) is 52.9. The molecule has 5 aliphatic heterocycles. The Morgan fingerprint density at radius 3 is 2.19 bits per heavy atom. The molecule has 0 spiro atoms. The van der Waals surface area contributed by atoms with Gasteiger partial charge in [-0.05, 0) is 72.8 Å². The maximum Gasteiger partial charge on any atom is 0.286 e. The van der Waals surface area contributed by atoms with Crippen LogP contribution in [-0.4, -0.2) is 130 Å². The van der Waals surface area contributed by atoms with E-state index >= 15 is 0 Å². The minimum absolute atomic E-state index is 0.0232. The lowest BCUT2D eigenvalue weighted by Gasteiger charge is -2.55. The Hall–Kier alpha value is -0.520. The fourth-order valence-electron chi connectivity index (χ4n) is 10.4. The Labute approximate surface area is 324 Å². The largest absolute Gasteiger partial charge is 0.387 e. The predicted molar refractivity (Wildman–Crippen MR) is 201 cm³/mol. The minimum atomic E-state index is -2.18. The zero-order valence-electron chi connectivity index (χ0n) is 35.2. The second-order valence-electron chi connectivity index (χ2n) is 18.2. The van der Waals surface area contributed by atoms with E-state index in [-0.39, 0.29) is 36.5 Å². The molecule has 5 rings (SSSR count). The van der Waals surface area contributed by atoms with Crippen LogP contribution in [-0.2, 0) is 37.9 Å². The molecule has 4 bridgehead atoms. The second kappa shape index (κ2) is 17.4. The number of hydrogen-bond donors (Lipinski definition) is 5. The minimum Gasteiger partial charge on any atom is -0.387 e. The number of nitrogens with one attached hydrogen (secondary N) is 1. The van der Waals surface area contributed by atoms with Crippen molar-refractivity contribution in [3.63, 3.8) is 0 Å². The maximum atomic E-state index is 12.6. The van der Waals surface area contributed by atoms with Crippen molar-refractivity contribution in [2.24, 2.45) is 23.7 Å². The van der Waals surface area contributed by atoms with Crippen LogP contribution in [0.15, 0.2) is 0 Å². The van der Waals surface area contributed by atoms with Gasteiger partial charge >= 0.3 is 0 Å². The summed E-state index contributed by atoms with van der Waals surface area (Å²) in [4.78, 5) is 0. The van der Waals surface area contributed by atoms with Crippen molar-refractivity contribution in [2.45, 2.75) is 224 Å². The Bertz CT molecular complexity index is 1210. The zero-order chi connectivity index (χ0) is 40.0. The van der Waals surface area contributed by atoms with Crippen LogP contribution in [0.1, 0.15) is 128 Å². The first kappa shape index (κ1) is 44.6. The molecule has 5 N–H and O–H groups in total. The maximum absolute atomic E-state index is 12.6. The number of fused-ring (bicyclic) bond motifs is 4. The van der Waals surface area contributed by atoms with Crippen LogP contribution in [0.3, 0.4) is 0 Å². The molecule has 0 saturated carbocycles. The van der Waals surface area contributed by atoms with Crippen LogP contribution in [0, 0.1) is 23.7 Å². The summed E-state index contributed by atoms with van der Waals surface area (Å²) in [7, 11) is 1.56. The van der Waals surface area contributed by atoms with Crippen molar-refractivity contribution in [3.8, 4) is 0 Å². The van der Waals surface area contributed by atoms with Gasteiger partial charge in [0, 0.05) is 31.4 Å². The number of rotatable bonds is 12. The van der Waals surface area contributed by atoms with Crippen molar-refractivity contribution in [1.29, 1.82) is 0 Å². The predicted octanol–water partition coefficient (Wildman–Crippen LogP) is 4.39. The van der Waals surface area contributed by atoms with E-state index in [0.29, 0.717) is 19.3 Å². The van der Waals surface area contributed by atoms with Crippen molar-refractivity contribution in [3.05, 3.63) is 0 Å². The highest BCUT2D eigenvalue weighted by atomic mass is 16.8. The third-order valence-corrected chi connectivity index (χ3v) is 13.7. The average Bonchev–Trinajstić information content (AvgIpc) is 3.43. The molecule has 0 aromatic carbocycles. The highest BCUT2D eigenvalue weighted by Gasteiger charge is 2.64. The van der Waals surface area contributed by atoms with Crippen LogP contribution in [0.2, 0.25) is 0 Å².